The molecule has 0 spiro atoms. The van der Waals surface area contributed by atoms with E-state index in [2.05, 4.69) is 21.4 Å². The highest BCUT2D eigenvalue weighted by Gasteiger charge is 2.23. The summed E-state index contributed by atoms with van der Waals surface area (Å²) in [7, 11) is 1.66. The molecule has 2 heterocycles. The topological polar surface area (TPSA) is 66.5 Å². The number of hydrogen-bond donors (Lipinski definition) is 2. The molecule has 142 valence electrons. The van der Waals surface area contributed by atoms with Gasteiger partial charge in [0, 0.05) is 17.1 Å². The molecule has 1 aliphatic rings. The van der Waals surface area contributed by atoms with Gasteiger partial charge in [0.15, 0.2) is 5.17 Å². The average molecular weight is 399 g/mol. The number of nitrogens with zero attached hydrogens (tertiary/aromatic N) is 1. The molecule has 2 N–H and O–H groups in total. The summed E-state index contributed by atoms with van der Waals surface area (Å²) in [5.41, 5.74) is 2.84. The Morgan fingerprint density at radius 2 is 1.83 bits per heavy atom. The van der Waals surface area contributed by atoms with Crippen LogP contribution in [-0.4, -0.2) is 23.2 Å². The summed E-state index contributed by atoms with van der Waals surface area (Å²) in [6.07, 6.45) is 3.79. The largest absolute Gasteiger partial charge is 0.497 e. The molecule has 0 aliphatic carbocycles. The van der Waals surface area contributed by atoms with Crippen molar-refractivity contribution in [2.45, 2.75) is 0 Å². The van der Waals surface area contributed by atoms with Crippen LogP contribution in [0.2, 0.25) is 0 Å². The Kier molecular flexibility index (Phi) is 4.33. The number of benzene rings is 3. The van der Waals surface area contributed by atoms with Crippen LogP contribution in [0.25, 0.3) is 27.8 Å². The van der Waals surface area contributed by atoms with Crippen LogP contribution in [-0.2, 0) is 4.79 Å². The van der Waals surface area contributed by atoms with Crippen LogP contribution in [0, 0.1) is 0 Å². The first-order valence-electron chi connectivity index (χ1n) is 9.12. The Morgan fingerprint density at radius 1 is 0.966 bits per heavy atom. The number of amides is 1. The van der Waals surface area contributed by atoms with E-state index in [0.717, 1.165) is 38.7 Å². The number of aromatic nitrogens is 1. The molecule has 1 aromatic heterocycles. The first-order valence-corrected chi connectivity index (χ1v) is 9.94. The van der Waals surface area contributed by atoms with Crippen LogP contribution >= 0.6 is 11.8 Å². The van der Waals surface area contributed by atoms with Crippen molar-refractivity contribution in [3.8, 4) is 5.75 Å². The first-order chi connectivity index (χ1) is 14.2. The maximum Gasteiger partial charge on any atom is 0.264 e. The molecule has 4 aromatic rings. The second-order valence-electron chi connectivity index (χ2n) is 6.70. The number of aromatic amines is 1. The number of amidine groups is 1. The van der Waals surface area contributed by atoms with Gasteiger partial charge in [-0.1, -0.05) is 18.2 Å². The number of aliphatic imine (C=N–C) groups is 1. The number of hydrogen-bond acceptors (Lipinski definition) is 4. The Hall–Kier alpha value is -3.51. The number of thioether (sulfide) groups is 1. The molecular formula is C23H17N3O2S. The number of fused-ring (bicyclic) bond motifs is 2. The number of methoxy groups -OCH3 is 1. The third kappa shape index (κ3) is 3.50. The van der Waals surface area contributed by atoms with E-state index < -0.39 is 0 Å². The molecule has 1 amide bonds. The van der Waals surface area contributed by atoms with Crippen molar-refractivity contribution in [2.24, 2.45) is 4.99 Å². The van der Waals surface area contributed by atoms with Gasteiger partial charge in [0.2, 0.25) is 0 Å². The van der Waals surface area contributed by atoms with Gasteiger partial charge in [-0.2, -0.15) is 0 Å². The first kappa shape index (κ1) is 17.6. The number of carbonyl (C=O) groups is 1. The van der Waals surface area contributed by atoms with E-state index in [9.17, 15) is 4.79 Å². The Balaban J connectivity index is 1.42. The summed E-state index contributed by atoms with van der Waals surface area (Å²) in [6.45, 7) is 0. The molecule has 29 heavy (non-hydrogen) atoms. The number of carbonyl (C=O) groups excluding carboxylic acids is 1. The lowest BCUT2D eigenvalue weighted by Gasteiger charge is -2.03. The standard InChI is InChI=1S/C23H17N3O2S/c1-28-19-6-4-15-10-14(2-3-16(15)13-19)11-21-22(27)26-23(29-21)25-18-5-7-20-17(12-18)8-9-24-20/h2-13,24H,1H3,(H,25,26,27). The third-order valence-electron chi connectivity index (χ3n) is 4.79. The van der Waals surface area contributed by atoms with Gasteiger partial charge in [-0.15, -0.1) is 0 Å². The zero-order valence-corrected chi connectivity index (χ0v) is 16.4. The van der Waals surface area contributed by atoms with E-state index in [4.69, 9.17) is 4.74 Å². The van der Waals surface area contributed by atoms with Gasteiger partial charge in [-0.3, -0.25) is 4.79 Å². The molecule has 6 heteroatoms. The van der Waals surface area contributed by atoms with E-state index in [0.29, 0.717) is 10.1 Å². The number of nitrogens with one attached hydrogen (secondary N) is 2. The molecular weight excluding hydrogens is 382 g/mol. The predicted molar refractivity (Wildman–Crippen MR) is 120 cm³/mol. The molecule has 0 bridgehead atoms. The number of rotatable bonds is 3. The highest BCUT2D eigenvalue weighted by Crippen LogP contribution is 2.30. The lowest BCUT2D eigenvalue weighted by Crippen LogP contribution is -2.19. The Labute approximate surface area is 171 Å². The van der Waals surface area contributed by atoms with Gasteiger partial charge in [-0.05, 0) is 76.6 Å². The quantitative estimate of drug-likeness (QED) is 0.464. The average Bonchev–Trinajstić information content (AvgIpc) is 3.33. The molecule has 3 aromatic carbocycles. The van der Waals surface area contributed by atoms with E-state index >= 15 is 0 Å². The minimum atomic E-state index is -0.133. The van der Waals surface area contributed by atoms with Crippen molar-refractivity contribution >= 4 is 56.3 Å². The maximum absolute atomic E-state index is 12.4. The second-order valence-corrected chi connectivity index (χ2v) is 7.73. The second kappa shape index (κ2) is 7.14. The molecule has 5 nitrogen and oxygen atoms in total. The lowest BCUT2D eigenvalue weighted by atomic mass is 10.1. The summed E-state index contributed by atoms with van der Waals surface area (Å²) in [5, 5.41) is 6.71. The van der Waals surface area contributed by atoms with Crippen molar-refractivity contribution in [2.75, 3.05) is 7.11 Å². The predicted octanol–water partition coefficient (Wildman–Crippen LogP) is 5.22. The van der Waals surface area contributed by atoms with Gasteiger partial charge in [0.1, 0.15) is 5.75 Å². The van der Waals surface area contributed by atoms with Gasteiger partial charge < -0.3 is 15.0 Å². The minimum absolute atomic E-state index is 0.133. The summed E-state index contributed by atoms with van der Waals surface area (Å²) < 4.78 is 5.27. The smallest absolute Gasteiger partial charge is 0.264 e. The monoisotopic (exact) mass is 399 g/mol. The zero-order chi connectivity index (χ0) is 19.8. The zero-order valence-electron chi connectivity index (χ0n) is 15.6. The Morgan fingerprint density at radius 3 is 2.72 bits per heavy atom. The molecule has 0 saturated carbocycles. The van der Waals surface area contributed by atoms with E-state index in [1.54, 1.807) is 7.11 Å². The lowest BCUT2D eigenvalue weighted by molar-refractivity contribution is -0.115. The molecule has 1 fully saturated rings. The van der Waals surface area contributed by atoms with Gasteiger partial charge in [0.25, 0.3) is 5.91 Å². The number of ether oxygens (including phenoxy) is 1. The van der Waals surface area contributed by atoms with Crippen LogP contribution in [0.15, 0.2) is 76.8 Å². The summed E-state index contributed by atoms with van der Waals surface area (Å²) >= 11 is 1.35. The Bertz CT molecular complexity index is 1320. The summed E-state index contributed by atoms with van der Waals surface area (Å²) in [4.78, 5) is 20.8. The van der Waals surface area contributed by atoms with Gasteiger partial charge in [0.05, 0.1) is 17.7 Å². The summed E-state index contributed by atoms with van der Waals surface area (Å²) in [6, 6.07) is 19.9. The molecule has 1 saturated heterocycles. The van der Waals surface area contributed by atoms with Crippen molar-refractivity contribution in [1.82, 2.24) is 10.3 Å². The van der Waals surface area contributed by atoms with E-state index in [1.807, 2.05) is 66.9 Å². The van der Waals surface area contributed by atoms with Crippen molar-refractivity contribution < 1.29 is 9.53 Å². The maximum atomic E-state index is 12.4. The van der Waals surface area contributed by atoms with Crippen LogP contribution < -0.4 is 10.1 Å². The number of H-pyrrole nitrogens is 1. The van der Waals surface area contributed by atoms with Crippen LogP contribution in [0.5, 0.6) is 5.75 Å². The molecule has 0 unspecified atom stereocenters. The molecule has 0 atom stereocenters. The van der Waals surface area contributed by atoms with Crippen molar-refractivity contribution in [1.29, 1.82) is 0 Å². The van der Waals surface area contributed by atoms with Gasteiger partial charge in [-0.25, -0.2) is 4.99 Å². The van der Waals surface area contributed by atoms with Crippen LogP contribution in [0.4, 0.5) is 5.69 Å². The van der Waals surface area contributed by atoms with Gasteiger partial charge >= 0.3 is 0 Å². The fourth-order valence-electron chi connectivity index (χ4n) is 3.32. The minimum Gasteiger partial charge on any atom is -0.497 e. The van der Waals surface area contributed by atoms with Crippen LogP contribution in [0.3, 0.4) is 0 Å². The van der Waals surface area contributed by atoms with Crippen LogP contribution in [0.1, 0.15) is 5.56 Å². The highest BCUT2D eigenvalue weighted by molar-refractivity contribution is 8.18. The van der Waals surface area contributed by atoms with E-state index in [-0.39, 0.29) is 5.91 Å². The highest BCUT2D eigenvalue weighted by atomic mass is 32.2. The fourth-order valence-corrected chi connectivity index (χ4v) is 4.16. The normalized spacial score (nSPS) is 16.8. The fraction of sp³-hybridized carbons (Fsp3) is 0.0435. The van der Waals surface area contributed by atoms with Crippen molar-refractivity contribution in [3.05, 3.63) is 77.3 Å². The van der Waals surface area contributed by atoms with Crippen molar-refractivity contribution in [3.63, 3.8) is 0 Å². The summed E-state index contributed by atoms with van der Waals surface area (Å²) in [5.74, 6) is 0.694. The van der Waals surface area contributed by atoms with E-state index in [1.165, 1.54) is 11.8 Å². The third-order valence-corrected chi connectivity index (χ3v) is 5.70. The molecule has 0 radical (unpaired) electrons. The SMILES string of the molecule is COc1ccc2cc(C=C3SC(=Nc4ccc5[nH]ccc5c4)NC3=O)ccc2c1. The molecule has 1 aliphatic heterocycles. The molecule has 5 rings (SSSR count).